The van der Waals surface area contributed by atoms with Gasteiger partial charge in [-0.05, 0) is 35.4 Å². The summed E-state index contributed by atoms with van der Waals surface area (Å²) in [6.45, 7) is 0. The molecule has 3 rings (SSSR count). The first kappa shape index (κ1) is 9.36. The molecule has 16 heavy (non-hydrogen) atoms. The Morgan fingerprint density at radius 2 is 2.00 bits per heavy atom. The van der Waals surface area contributed by atoms with Crippen LogP contribution in [0.25, 0.3) is 16.8 Å². The first-order chi connectivity index (χ1) is 7.83. The normalized spacial score (nSPS) is 10.8. The van der Waals surface area contributed by atoms with Crippen LogP contribution in [0, 0.1) is 0 Å². The Morgan fingerprint density at radius 1 is 1.06 bits per heavy atom. The second kappa shape index (κ2) is 3.61. The van der Waals surface area contributed by atoms with Crippen molar-refractivity contribution in [1.82, 2.24) is 14.6 Å². The lowest BCUT2D eigenvalue weighted by molar-refractivity contribution is 1.10. The second-order valence-electron chi connectivity index (χ2n) is 3.52. The Labute approximate surface area is 97.3 Å². The highest BCUT2D eigenvalue weighted by molar-refractivity contribution is 6.30. The molecule has 78 valence electrons. The predicted octanol–water partition coefficient (Wildman–Crippen LogP) is 3.05. The molecule has 3 nitrogen and oxygen atoms in total. The quantitative estimate of drug-likeness (QED) is 0.642. The van der Waals surface area contributed by atoms with Gasteiger partial charge >= 0.3 is 0 Å². The van der Waals surface area contributed by atoms with Crippen molar-refractivity contribution in [3.63, 3.8) is 0 Å². The number of hydrogen-bond donors (Lipinski definition) is 0. The third kappa shape index (κ3) is 1.55. The molecule has 0 atom stereocenters. The van der Waals surface area contributed by atoms with Gasteiger partial charge in [0.25, 0.3) is 0 Å². The van der Waals surface area contributed by atoms with Crippen LogP contribution in [0.2, 0.25) is 5.02 Å². The highest BCUT2D eigenvalue weighted by atomic mass is 35.5. The summed E-state index contributed by atoms with van der Waals surface area (Å²) in [4.78, 5) is 0. The lowest BCUT2D eigenvalue weighted by atomic mass is 10.1. The van der Waals surface area contributed by atoms with Gasteiger partial charge in [0.2, 0.25) is 0 Å². The number of benzene rings is 1. The Hall–Kier alpha value is -1.87. The Balaban J connectivity index is 2.18. The molecule has 0 N–H and O–H groups in total. The Morgan fingerprint density at radius 3 is 2.88 bits per heavy atom. The number of rotatable bonds is 1. The lowest BCUT2D eigenvalue weighted by Crippen LogP contribution is -1.85. The second-order valence-corrected chi connectivity index (χ2v) is 3.96. The fourth-order valence-corrected chi connectivity index (χ4v) is 1.86. The number of pyridine rings is 1. The van der Waals surface area contributed by atoms with E-state index in [1.807, 2.05) is 47.0 Å². The summed E-state index contributed by atoms with van der Waals surface area (Å²) in [6, 6.07) is 11.7. The topological polar surface area (TPSA) is 30.2 Å². The smallest absolute Gasteiger partial charge is 0.160 e. The van der Waals surface area contributed by atoms with E-state index in [0.29, 0.717) is 0 Å². The van der Waals surface area contributed by atoms with Crippen LogP contribution in [-0.2, 0) is 0 Å². The van der Waals surface area contributed by atoms with E-state index >= 15 is 0 Å². The van der Waals surface area contributed by atoms with Gasteiger partial charge in [0.1, 0.15) is 6.33 Å². The number of aromatic nitrogens is 3. The van der Waals surface area contributed by atoms with Crippen molar-refractivity contribution < 1.29 is 0 Å². The summed E-state index contributed by atoms with van der Waals surface area (Å²) in [5.41, 5.74) is 3.02. The van der Waals surface area contributed by atoms with E-state index in [-0.39, 0.29) is 0 Å². The Kier molecular flexibility index (Phi) is 2.11. The molecule has 2 aromatic heterocycles. The standard InChI is InChI=1S/C12H8ClN3/c13-11-3-1-2-9(6-11)10-4-5-12-15-14-8-16(12)7-10/h1-8H. The molecule has 0 unspecified atom stereocenters. The van der Waals surface area contributed by atoms with Gasteiger partial charge in [0.15, 0.2) is 5.65 Å². The minimum absolute atomic E-state index is 0.737. The fourth-order valence-electron chi connectivity index (χ4n) is 1.67. The summed E-state index contributed by atoms with van der Waals surface area (Å²) < 4.78 is 1.89. The molecule has 0 aliphatic rings. The molecular weight excluding hydrogens is 222 g/mol. The van der Waals surface area contributed by atoms with Crippen molar-refractivity contribution in [2.24, 2.45) is 0 Å². The number of nitrogens with zero attached hydrogens (tertiary/aromatic N) is 3. The monoisotopic (exact) mass is 229 g/mol. The molecule has 0 radical (unpaired) electrons. The van der Waals surface area contributed by atoms with Crippen molar-refractivity contribution in [3.05, 3.63) is 53.9 Å². The fraction of sp³-hybridized carbons (Fsp3) is 0. The van der Waals surface area contributed by atoms with Gasteiger partial charge in [-0.2, -0.15) is 0 Å². The van der Waals surface area contributed by atoms with Crippen molar-refractivity contribution in [2.75, 3.05) is 0 Å². The maximum atomic E-state index is 5.96. The van der Waals surface area contributed by atoms with Crippen LogP contribution in [0.15, 0.2) is 48.9 Å². The van der Waals surface area contributed by atoms with E-state index in [0.717, 1.165) is 21.8 Å². The van der Waals surface area contributed by atoms with E-state index in [4.69, 9.17) is 11.6 Å². The van der Waals surface area contributed by atoms with Crippen LogP contribution < -0.4 is 0 Å². The zero-order valence-corrected chi connectivity index (χ0v) is 9.09. The summed E-state index contributed by atoms with van der Waals surface area (Å²) in [7, 11) is 0. The van der Waals surface area contributed by atoms with Crippen LogP contribution in [0.3, 0.4) is 0 Å². The van der Waals surface area contributed by atoms with E-state index in [9.17, 15) is 0 Å². The van der Waals surface area contributed by atoms with E-state index < -0.39 is 0 Å². The highest BCUT2D eigenvalue weighted by Crippen LogP contribution is 2.22. The lowest BCUT2D eigenvalue weighted by Gasteiger charge is -2.02. The molecule has 0 saturated heterocycles. The van der Waals surface area contributed by atoms with Crippen LogP contribution >= 0.6 is 11.6 Å². The van der Waals surface area contributed by atoms with Crippen LogP contribution in [0.1, 0.15) is 0 Å². The summed E-state index contributed by atoms with van der Waals surface area (Å²) in [5.74, 6) is 0. The molecule has 0 amide bonds. The minimum Gasteiger partial charge on any atom is -0.288 e. The minimum atomic E-state index is 0.737. The summed E-state index contributed by atoms with van der Waals surface area (Å²) >= 11 is 5.96. The summed E-state index contributed by atoms with van der Waals surface area (Å²) in [6.07, 6.45) is 3.67. The van der Waals surface area contributed by atoms with Gasteiger partial charge < -0.3 is 0 Å². The van der Waals surface area contributed by atoms with Crippen LogP contribution in [0.5, 0.6) is 0 Å². The molecule has 2 heterocycles. The third-order valence-corrected chi connectivity index (χ3v) is 2.68. The Bertz CT molecular complexity index is 645. The first-order valence-electron chi connectivity index (χ1n) is 4.88. The molecule has 1 aromatic carbocycles. The van der Waals surface area contributed by atoms with Gasteiger partial charge in [-0.25, -0.2) is 0 Å². The van der Waals surface area contributed by atoms with Gasteiger partial charge in [-0.15, -0.1) is 10.2 Å². The molecule has 0 bridgehead atoms. The molecule has 0 spiro atoms. The maximum absolute atomic E-state index is 5.96. The predicted molar refractivity (Wildman–Crippen MR) is 63.4 cm³/mol. The van der Waals surface area contributed by atoms with Crippen molar-refractivity contribution in [3.8, 4) is 11.1 Å². The van der Waals surface area contributed by atoms with E-state index in [1.54, 1.807) is 6.33 Å². The molecule has 0 saturated carbocycles. The average molecular weight is 230 g/mol. The molecule has 4 heteroatoms. The van der Waals surface area contributed by atoms with Crippen molar-refractivity contribution in [1.29, 1.82) is 0 Å². The maximum Gasteiger partial charge on any atom is 0.160 e. The van der Waals surface area contributed by atoms with Gasteiger partial charge in [-0.3, -0.25) is 4.40 Å². The third-order valence-electron chi connectivity index (χ3n) is 2.45. The van der Waals surface area contributed by atoms with Crippen molar-refractivity contribution >= 4 is 17.2 Å². The number of halogens is 1. The van der Waals surface area contributed by atoms with E-state index in [2.05, 4.69) is 10.2 Å². The first-order valence-corrected chi connectivity index (χ1v) is 5.26. The van der Waals surface area contributed by atoms with E-state index in [1.165, 1.54) is 0 Å². The van der Waals surface area contributed by atoms with Crippen LogP contribution in [0.4, 0.5) is 0 Å². The number of hydrogen-bond acceptors (Lipinski definition) is 2. The SMILES string of the molecule is Clc1cccc(-c2ccc3nncn3c2)c1. The molecular formula is C12H8ClN3. The van der Waals surface area contributed by atoms with Crippen molar-refractivity contribution in [2.45, 2.75) is 0 Å². The number of fused-ring (bicyclic) bond motifs is 1. The molecule has 3 aromatic rings. The molecule has 0 aliphatic heterocycles. The summed E-state index contributed by atoms with van der Waals surface area (Å²) in [5, 5.41) is 8.54. The van der Waals surface area contributed by atoms with Gasteiger partial charge in [0.05, 0.1) is 0 Å². The van der Waals surface area contributed by atoms with Gasteiger partial charge in [-0.1, -0.05) is 23.7 Å². The molecule has 0 fully saturated rings. The largest absolute Gasteiger partial charge is 0.288 e. The van der Waals surface area contributed by atoms with Crippen LogP contribution in [-0.4, -0.2) is 14.6 Å². The molecule has 0 aliphatic carbocycles. The zero-order valence-electron chi connectivity index (χ0n) is 8.34. The zero-order chi connectivity index (χ0) is 11.0. The average Bonchev–Trinajstić information content (AvgIpc) is 2.75. The van der Waals surface area contributed by atoms with Gasteiger partial charge in [0, 0.05) is 11.2 Å². The highest BCUT2D eigenvalue weighted by Gasteiger charge is 2.00.